The Bertz CT molecular complexity index is 939. The number of carbonyl (C=O) groups is 1. The second-order valence-corrected chi connectivity index (χ2v) is 9.01. The fourth-order valence-electron chi connectivity index (χ4n) is 4.81. The lowest BCUT2D eigenvalue weighted by molar-refractivity contribution is 0.0995. The Labute approximate surface area is 180 Å². The highest BCUT2D eigenvalue weighted by molar-refractivity contribution is 7.97. The van der Waals surface area contributed by atoms with E-state index in [2.05, 4.69) is 21.4 Å². The maximum absolute atomic E-state index is 10.9. The Morgan fingerprint density at radius 3 is 2.43 bits per heavy atom. The van der Waals surface area contributed by atoms with Crippen molar-refractivity contribution >= 4 is 23.7 Å². The van der Waals surface area contributed by atoms with Crippen LogP contribution in [0.25, 0.3) is 0 Å². The molecule has 1 aromatic heterocycles. The number of carbonyl (C=O) groups excluding carboxylic acids is 1. The number of hydrogen-bond donors (Lipinski definition) is 3. The van der Waals surface area contributed by atoms with Crippen LogP contribution in [0.4, 0.5) is 10.5 Å². The van der Waals surface area contributed by atoms with Gasteiger partial charge in [0, 0.05) is 5.69 Å². The van der Waals surface area contributed by atoms with Crippen molar-refractivity contribution in [3.8, 4) is 5.88 Å². The van der Waals surface area contributed by atoms with Crippen molar-refractivity contribution in [3.63, 3.8) is 0 Å². The molecule has 2 amide bonds. The average Bonchev–Trinajstić information content (AvgIpc) is 3.35. The monoisotopic (exact) mass is 428 g/mol. The van der Waals surface area contributed by atoms with E-state index in [0.717, 1.165) is 55.3 Å². The molecule has 2 aromatic rings. The van der Waals surface area contributed by atoms with Crippen LogP contribution in [0.15, 0.2) is 17.2 Å². The van der Waals surface area contributed by atoms with Crippen LogP contribution in [0.3, 0.4) is 0 Å². The number of nitrogens with two attached hydrogens (primary N) is 2. The summed E-state index contributed by atoms with van der Waals surface area (Å²) in [6.07, 6.45) is 8.87. The Kier molecular flexibility index (Phi) is 5.34. The number of urea groups is 1. The van der Waals surface area contributed by atoms with E-state index in [9.17, 15) is 4.79 Å². The zero-order valence-corrected chi connectivity index (χ0v) is 17.8. The van der Waals surface area contributed by atoms with Gasteiger partial charge < -0.3 is 15.8 Å². The lowest BCUT2D eigenvalue weighted by Gasteiger charge is -2.31. The minimum Gasteiger partial charge on any atom is -0.475 e. The van der Waals surface area contributed by atoms with Crippen LogP contribution in [-0.4, -0.2) is 46.4 Å². The van der Waals surface area contributed by atoms with E-state index in [1.54, 1.807) is 6.20 Å². The predicted octanol–water partition coefficient (Wildman–Crippen LogP) is 2.08. The zero-order chi connectivity index (χ0) is 20.7. The molecule has 1 saturated heterocycles. The molecule has 0 saturated carbocycles. The van der Waals surface area contributed by atoms with Crippen LogP contribution < -0.4 is 20.9 Å². The van der Waals surface area contributed by atoms with Gasteiger partial charge in [0.25, 0.3) is 0 Å². The number of primary amides is 1. The highest BCUT2D eigenvalue weighted by Crippen LogP contribution is 2.40. The Morgan fingerprint density at radius 2 is 1.87 bits per heavy atom. The molecule has 1 unspecified atom stereocenters. The molecule has 3 heterocycles. The third-order valence-electron chi connectivity index (χ3n) is 6.60. The summed E-state index contributed by atoms with van der Waals surface area (Å²) in [6.45, 7) is 4.08. The fraction of sp³-hybridized carbons (Fsp3) is 0.524. The molecule has 0 radical (unpaired) electrons. The third-order valence-corrected chi connectivity index (χ3v) is 7.14. The van der Waals surface area contributed by atoms with Crippen molar-refractivity contribution in [2.75, 3.05) is 25.0 Å². The molecule has 0 spiro atoms. The summed E-state index contributed by atoms with van der Waals surface area (Å²) in [5.41, 5.74) is 11.6. The highest BCUT2D eigenvalue weighted by Gasteiger charge is 2.29. The molecule has 2 aliphatic carbocycles. The van der Waals surface area contributed by atoms with E-state index in [4.69, 9.17) is 15.6 Å². The molecular formula is C21H28N6O2S. The Hall–Kier alpha value is -2.23. The van der Waals surface area contributed by atoms with Crippen LogP contribution in [-0.2, 0) is 32.2 Å². The minimum atomic E-state index is -0.445. The maximum Gasteiger partial charge on any atom is 0.316 e. The molecule has 5 N–H and O–H groups in total. The number of ether oxygens (including phenoxy) is 1. The predicted molar refractivity (Wildman–Crippen MR) is 117 cm³/mol. The van der Waals surface area contributed by atoms with E-state index in [0.29, 0.717) is 6.04 Å². The van der Waals surface area contributed by atoms with Gasteiger partial charge in [-0.15, -0.1) is 0 Å². The van der Waals surface area contributed by atoms with E-state index in [-0.39, 0.29) is 0 Å². The lowest BCUT2D eigenvalue weighted by Crippen LogP contribution is -2.43. The van der Waals surface area contributed by atoms with Crippen LogP contribution in [0, 0.1) is 0 Å². The number of amides is 2. The molecule has 9 heteroatoms. The number of rotatable bonds is 3. The Morgan fingerprint density at radius 1 is 1.17 bits per heavy atom. The molecule has 160 valence electrons. The summed E-state index contributed by atoms with van der Waals surface area (Å²) < 4.78 is 7.70. The summed E-state index contributed by atoms with van der Waals surface area (Å²) in [6, 6.07) is 2.31. The van der Waals surface area contributed by atoms with Crippen molar-refractivity contribution in [1.82, 2.24) is 14.7 Å². The number of hydrogen-bond acceptors (Lipinski definition) is 6. The molecule has 1 fully saturated rings. The normalized spacial score (nSPS) is 21.0. The molecule has 30 heavy (non-hydrogen) atoms. The second kappa shape index (κ2) is 8.13. The van der Waals surface area contributed by atoms with Crippen LogP contribution in [0.2, 0.25) is 0 Å². The first-order valence-electron chi connectivity index (χ1n) is 10.7. The van der Waals surface area contributed by atoms with Gasteiger partial charge in [0.05, 0.1) is 18.8 Å². The van der Waals surface area contributed by atoms with Crippen molar-refractivity contribution in [3.05, 3.63) is 34.5 Å². The van der Waals surface area contributed by atoms with Gasteiger partial charge in [-0.05, 0) is 85.8 Å². The molecule has 0 bridgehead atoms. The van der Waals surface area contributed by atoms with Crippen LogP contribution in [0.1, 0.15) is 35.1 Å². The first-order chi connectivity index (χ1) is 14.6. The summed E-state index contributed by atoms with van der Waals surface area (Å²) in [4.78, 5) is 14.3. The summed E-state index contributed by atoms with van der Waals surface area (Å²) >= 11 is 1.20. The molecule has 6 rings (SSSR count). The van der Waals surface area contributed by atoms with Gasteiger partial charge in [-0.25, -0.2) is 9.48 Å². The number of benzene rings is 1. The number of fused-ring (bicyclic) bond motifs is 3. The average molecular weight is 429 g/mol. The van der Waals surface area contributed by atoms with E-state index < -0.39 is 6.03 Å². The smallest absolute Gasteiger partial charge is 0.316 e. The summed E-state index contributed by atoms with van der Waals surface area (Å²) in [7, 11) is 0. The summed E-state index contributed by atoms with van der Waals surface area (Å²) in [5.74, 6) is 0.836. The number of nitrogens with one attached hydrogen (secondary N) is 1. The quantitative estimate of drug-likeness (QED) is 0.646. The van der Waals surface area contributed by atoms with Gasteiger partial charge in [-0.2, -0.15) is 5.10 Å². The van der Waals surface area contributed by atoms with Crippen LogP contribution >= 0.6 is 11.9 Å². The Balaban J connectivity index is 0.000000130. The zero-order valence-electron chi connectivity index (χ0n) is 17.0. The maximum atomic E-state index is 10.9. The van der Waals surface area contributed by atoms with Crippen LogP contribution in [0.5, 0.6) is 5.88 Å². The number of aryl methyl sites for hydroxylation is 2. The van der Waals surface area contributed by atoms with Crippen molar-refractivity contribution < 1.29 is 9.53 Å². The van der Waals surface area contributed by atoms with Gasteiger partial charge in [0.15, 0.2) is 0 Å². The molecule has 4 aliphatic rings. The van der Waals surface area contributed by atoms with Gasteiger partial charge in [-0.3, -0.25) is 10.0 Å². The number of likely N-dealkylation sites (tertiary alicyclic amines) is 1. The topological polar surface area (TPSA) is 111 Å². The lowest BCUT2D eigenvalue weighted by atomic mass is 9.76. The molecular weight excluding hydrogens is 400 g/mol. The summed E-state index contributed by atoms with van der Waals surface area (Å²) in [5, 5.41) is 12.6. The molecule has 8 nitrogen and oxygen atoms in total. The standard InChI is InChI=1S/C11H12N2O.C10H16N4OS/c12-11(14)13-10-8-3-1-6(8)5-7-2-4-9(7)10;11-16-9-5-12-14-6-8(7-15-10(9)14)13-3-1-2-4-13/h5H,1-4H2,(H3,12,13,14);5,8H,1-4,6-7,11H2. The van der Waals surface area contributed by atoms with Gasteiger partial charge in [-0.1, -0.05) is 6.07 Å². The van der Waals surface area contributed by atoms with Crippen molar-refractivity contribution in [2.24, 2.45) is 10.9 Å². The van der Waals surface area contributed by atoms with Gasteiger partial charge >= 0.3 is 6.03 Å². The molecule has 1 aromatic carbocycles. The number of anilines is 1. The number of nitrogens with zero attached hydrogens (tertiary/aromatic N) is 3. The first-order valence-corrected chi connectivity index (χ1v) is 11.5. The molecule has 1 atom stereocenters. The molecule has 2 aliphatic heterocycles. The van der Waals surface area contributed by atoms with Gasteiger partial charge in [0.1, 0.15) is 11.5 Å². The van der Waals surface area contributed by atoms with Gasteiger partial charge in [0.2, 0.25) is 5.88 Å². The number of aromatic nitrogens is 2. The van der Waals surface area contributed by atoms with E-state index in [1.807, 2.05) is 4.68 Å². The SMILES string of the molecule is NC(=O)Nc1c2c(cc3c1CC3)CC2.NSc1cnn2c1OCC(N1CCCC1)C2. The van der Waals surface area contributed by atoms with E-state index in [1.165, 1.54) is 60.1 Å². The highest BCUT2D eigenvalue weighted by atomic mass is 32.2. The van der Waals surface area contributed by atoms with Crippen molar-refractivity contribution in [1.29, 1.82) is 0 Å². The minimum absolute atomic E-state index is 0.445. The first kappa shape index (κ1) is 19.7. The second-order valence-electron chi connectivity index (χ2n) is 8.34. The third kappa shape index (κ3) is 3.55. The van der Waals surface area contributed by atoms with Crippen molar-refractivity contribution in [2.45, 2.75) is 56.0 Å². The largest absolute Gasteiger partial charge is 0.475 e. The van der Waals surface area contributed by atoms with E-state index >= 15 is 0 Å². The fourth-order valence-corrected chi connectivity index (χ4v) is 5.19.